The Labute approximate surface area is 84.7 Å². The molecule has 2 rings (SSSR count). The topological polar surface area (TPSA) is 38.0 Å². The van der Waals surface area contributed by atoms with Crippen molar-refractivity contribution in [2.45, 2.75) is 44.1 Å². The van der Waals surface area contributed by atoms with Crippen LogP contribution in [0.5, 0.6) is 0 Å². The van der Waals surface area contributed by atoms with Crippen LogP contribution in [0.25, 0.3) is 0 Å². The van der Waals surface area contributed by atoms with Gasteiger partial charge in [-0.05, 0) is 18.4 Å². The van der Waals surface area contributed by atoms with Crippen molar-refractivity contribution < 1.29 is 5.11 Å². The van der Waals surface area contributed by atoms with Gasteiger partial charge in [0.05, 0.1) is 11.8 Å². The maximum Gasteiger partial charge on any atom is 0.0689 e. The van der Waals surface area contributed by atoms with Gasteiger partial charge in [-0.15, -0.1) is 0 Å². The van der Waals surface area contributed by atoms with E-state index in [-0.39, 0.29) is 0 Å². The minimum Gasteiger partial charge on any atom is -0.390 e. The predicted octanol–water partition coefficient (Wildman–Crippen LogP) is 1.66. The van der Waals surface area contributed by atoms with E-state index < -0.39 is 5.60 Å². The van der Waals surface area contributed by atoms with Crippen molar-refractivity contribution >= 4 is 0 Å². The molecule has 1 aliphatic carbocycles. The van der Waals surface area contributed by atoms with Crippen molar-refractivity contribution in [2.24, 2.45) is 7.05 Å². The van der Waals surface area contributed by atoms with Crippen LogP contribution in [0.2, 0.25) is 0 Å². The Morgan fingerprint density at radius 3 is 2.71 bits per heavy atom. The number of hydrogen-bond donors (Lipinski definition) is 1. The van der Waals surface area contributed by atoms with Crippen LogP contribution < -0.4 is 0 Å². The smallest absolute Gasteiger partial charge is 0.0689 e. The molecular formula is C11H18N2O. The van der Waals surface area contributed by atoms with Gasteiger partial charge < -0.3 is 5.11 Å². The average molecular weight is 194 g/mol. The van der Waals surface area contributed by atoms with Crippen LogP contribution in [0.3, 0.4) is 0 Å². The highest BCUT2D eigenvalue weighted by Gasteiger charge is 2.29. The van der Waals surface area contributed by atoms with E-state index in [2.05, 4.69) is 5.10 Å². The van der Waals surface area contributed by atoms with Gasteiger partial charge in [0.15, 0.2) is 0 Å². The van der Waals surface area contributed by atoms with E-state index in [1.165, 1.54) is 6.42 Å². The lowest BCUT2D eigenvalue weighted by Gasteiger charge is -2.31. The monoisotopic (exact) mass is 194 g/mol. The average Bonchev–Trinajstić information content (AvgIpc) is 2.51. The third-order valence-electron chi connectivity index (χ3n) is 3.08. The van der Waals surface area contributed by atoms with Gasteiger partial charge in [-0.25, -0.2) is 0 Å². The highest BCUT2D eigenvalue weighted by Crippen LogP contribution is 2.30. The number of aromatic nitrogens is 2. The van der Waals surface area contributed by atoms with Crippen molar-refractivity contribution in [3.63, 3.8) is 0 Å². The minimum atomic E-state index is -0.457. The molecule has 1 aromatic rings. The van der Waals surface area contributed by atoms with Crippen LogP contribution in [-0.2, 0) is 13.5 Å². The second-order valence-corrected chi connectivity index (χ2v) is 4.48. The molecule has 0 radical (unpaired) electrons. The van der Waals surface area contributed by atoms with E-state index in [4.69, 9.17) is 0 Å². The van der Waals surface area contributed by atoms with Gasteiger partial charge >= 0.3 is 0 Å². The fourth-order valence-corrected chi connectivity index (χ4v) is 2.33. The van der Waals surface area contributed by atoms with Gasteiger partial charge in [-0.3, -0.25) is 4.68 Å². The molecule has 1 aliphatic rings. The van der Waals surface area contributed by atoms with Gasteiger partial charge in [0, 0.05) is 19.7 Å². The van der Waals surface area contributed by atoms with Crippen molar-refractivity contribution in [1.29, 1.82) is 0 Å². The normalized spacial score (nSPS) is 21.0. The molecule has 1 heterocycles. The van der Waals surface area contributed by atoms with Crippen LogP contribution in [-0.4, -0.2) is 20.5 Å². The Kier molecular flexibility index (Phi) is 2.59. The zero-order valence-electron chi connectivity index (χ0n) is 8.74. The predicted molar refractivity (Wildman–Crippen MR) is 54.9 cm³/mol. The molecule has 0 amide bonds. The lowest BCUT2D eigenvalue weighted by Crippen LogP contribution is -2.33. The summed E-state index contributed by atoms with van der Waals surface area (Å²) >= 11 is 0. The Morgan fingerprint density at radius 1 is 1.43 bits per heavy atom. The van der Waals surface area contributed by atoms with Crippen molar-refractivity contribution in [1.82, 2.24) is 9.78 Å². The number of aliphatic hydroxyl groups is 1. The Balaban J connectivity index is 2.01. The number of nitrogens with zero attached hydrogens (tertiary/aromatic N) is 2. The summed E-state index contributed by atoms with van der Waals surface area (Å²) in [7, 11) is 1.91. The second kappa shape index (κ2) is 3.73. The third kappa shape index (κ3) is 2.15. The molecule has 1 saturated carbocycles. The lowest BCUT2D eigenvalue weighted by atomic mass is 9.81. The van der Waals surface area contributed by atoms with Gasteiger partial charge in [0.1, 0.15) is 0 Å². The van der Waals surface area contributed by atoms with E-state index in [0.29, 0.717) is 0 Å². The molecule has 3 heteroatoms. The number of aryl methyl sites for hydroxylation is 1. The van der Waals surface area contributed by atoms with Gasteiger partial charge in [-0.2, -0.15) is 5.10 Å². The molecule has 0 unspecified atom stereocenters. The zero-order valence-corrected chi connectivity index (χ0v) is 8.74. The summed E-state index contributed by atoms with van der Waals surface area (Å²) < 4.78 is 1.79. The first-order valence-corrected chi connectivity index (χ1v) is 5.38. The molecule has 0 aromatic carbocycles. The molecule has 0 aliphatic heterocycles. The summed E-state index contributed by atoms with van der Waals surface area (Å²) in [5.74, 6) is 0. The fourth-order valence-electron chi connectivity index (χ4n) is 2.33. The summed E-state index contributed by atoms with van der Waals surface area (Å²) in [6.07, 6.45) is 10.1. The first-order chi connectivity index (χ1) is 6.68. The van der Waals surface area contributed by atoms with Crippen molar-refractivity contribution in [3.8, 4) is 0 Å². The fraction of sp³-hybridized carbons (Fsp3) is 0.727. The summed E-state index contributed by atoms with van der Waals surface area (Å²) in [5, 5.41) is 14.4. The highest BCUT2D eigenvalue weighted by molar-refractivity contribution is 5.08. The maximum atomic E-state index is 10.3. The molecule has 0 spiro atoms. The van der Waals surface area contributed by atoms with E-state index in [9.17, 15) is 5.11 Å². The summed E-state index contributed by atoms with van der Waals surface area (Å²) in [5.41, 5.74) is 0.693. The van der Waals surface area contributed by atoms with Crippen LogP contribution in [0.1, 0.15) is 37.7 Å². The van der Waals surface area contributed by atoms with Crippen molar-refractivity contribution in [2.75, 3.05) is 0 Å². The molecule has 78 valence electrons. The quantitative estimate of drug-likeness (QED) is 0.777. The molecule has 0 saturated heterocycles. The first-order valence-electron chi connectivity index (χ1n) is 5.38. The number of rotatable bonds is 2. The largest absolute Gasteiger partial charge is 0.390 e. The molecule has 1 N–H and O–H groups in total. The molecule has 1 fully saturated rings. The van der Waals surface area contributed by atoms with Crippen LogP contribution in [0.4, 0.5) is 0 Å². The van der Waals surface area contributed by atoms with E-state index in [1.807, 2.05) is 19.4 Å². The molecule has 0 bridgehead atoms. The van der Waals surface area contributed by atoms with Crippen LogP contribution in [0, 0.1) is 0 Å². The van der Waals surface area contributed by atoms with Gasteiger partial charge in [0.25, 0.3) is 0 Å². The van der Waals surface area contributed by atoms with Crippen molar-refractivity contribution in [3.05, 3.63) is 18.0 Å². The van der Waals surface area contributed by atoms with Gasteiger partial charge in [-0.1, -0.05) is 19.3 Å². The zero-order chi connectivity index (χ0) is 10.0. The SMILES string of the molecule is Cn1cc(CC2(O)CCCCC2)cn1. The van der Waals surface area contributed by atoms with E-state index in [0.717, 1.165) is 37.7 Å². The summed E-state index contributed by atoms with van der Waals surface area (Å²) in [6, 6.07) is 0. The summed E-state index contributed by atoms with van der Waals surface area (Å²) in [4.78, 5) is 0. The molecule has 1 aromatic heterocycles. The van der Waals surface area contributed by atoms with E-state index >= 15 is 0 Å². The first kappa shape index (κ1) is 9.71. The minimum absolute atomic E-state index is 0.457. The Hall–Kier alpha value is -0.830. The molecule has 0 atom stereocenters. The summed E-state index contributed by atoms with van der Waals surface area (Å²) in [6.45, 7) is 0. The lowest BCUT2D eigenvalue weighted by molar-refractivity contribution is 0.00448. The van der Waals surface area contributed by atoms with Gasteiger partial charge in [0.2, 0.25) is 0 Å². The second-order valence-electron chi connectivity index (χ2n) is 4.48. The Bertz CT molecular complexity index is 300. The third-order valence-corrected chi connectivity index (χ3v) is 3.08. The van der Waals surface area contributed by atoms with Crippen LogP contribution in [0.15, 0.2) is 12.4 Å². The molecule has 14 heavy (non-hydrogen) atoms. The standard InChI is InChI=1S/C11H18N2O/c1-13-9-10(8-12-13)7-11(14)5-3-2-4-6-11/h8-9,14H,2-7H2,1H3. The van der Waals surface area contributed by atoms with E-state index in [1.54, 1.807) is 4.68 Å². The van der Waals surface area contributed by atoms with Crippen LogP contribution >= 0.6 is 0 Å². The molecular weight excluding hydrogens is 176 g/mol. The maximum absolute atomic E-state index is 10.3. The highest BCUT2D eigenvalue weighted by atomic mass is 16.3. The Morgan fingerprint density at radius 2 is 2.14 bits per heavy atom. The number of hydrogen-bond acceptors (Lipinski definition) is 2. The molecule has 3 nitrogen and oxygen atoms in total.